The highest BCUT2D eigenvalue weighted by Gasteiger charge is 2.30. The first-order chi connectivity index (χ1) is 16.9. The summed E-state index contributed by atoms with van der Waals surface area (Å²) in [6.07, 6.45) is -0.00365. The van der Waals surface area contributed by atoms with Gasteiger partial charge in [0.05, 0.1) is 23.4 Å². The summed E-state index contributed by atoms with van der Waals surface area (Å²) in [5.41, 5.74) is 5.01. The molecule has 1 aliphatic rings. The van der Waals surface area contributed by atoms with E-state index in [-0.39, 0.29) is 24.5 Å². The van der Waals surface area contributed by atoms with Crippen LogP contribution in [-0.4, -0.2) is 40.0 Å². The second-order valence-electron chi connectivity index (χ2n) is 8.30. The number of carbonyl (C=O) groups is 1. The Hall–Kier alpha value is -3.43. The molecule has 0 bridgehead atoms. The molecule has 4 rings (SSSR count). The molecule has 0 saturated heterocycles. The molecule has 1 fully saturated rings. The summed E-state index contributed by atoms with van der Waals surface area (Å²) in [6, 6.07) is 18.0. The number of aromatic nitrogens is 1. The zero-order valence-corrected chi connectivity index (χ0v) is 19.7. The van der Waals surface area contributed by atoms with Crippen molar-refractivity contribution in [2.75, 3.05) is 12.8 Å². The lowest BCUT2D eigenvalue weighted by Crippen LogP contribution is -2.15. The minimum Gasteiger partial charge on any atom is -0.481 e. The van der Waals surface area contributed by atoms with E-state index in [2.05, 4.69) is 11.8 Å². The Morgan fingerprint density at radius 2 is 1.86 bits per heavy atom. The lowest BCUT2D eigenvalue weighted by Gasteiger charge is -2.13. The van der Waals surface area contributed by atoms with Crippen molar-refractivity contribution in [2.24, 2.45) is 0 Å². The van der Waals surface area contributed by atoms with Gasteiger partial charge in [-0.15, -0.1) is 4.52 Å². The Labute approximate surface area is 203 Å². The number of halogens is 1. The second-order valence-corrected chi connectivity index (χ2v) is 9.59. The van der Waals surface area contributed by atoms with Crippen LogP contribution in [0, 0.1) is 17.7 Å². The monoisotopic (exact) mass is 492 g/mol. The Morgan fingerprint density at radius 1 is 1.14 bits per heavy atom. The summed E-state index contributed by atoms with van der Waals surface area (Å²) >= 11 is 0. The maximum atomic E-state index is 13.6. The van der Waals surface area contributed by atoms with E-state index in [0.29, 0.717) is 0 Å². The highest BCUT2D eigenvalue weighted by atomic mass is 31.1. The molecule has 8 heteroatoms. The van der Waals surface area contributed by atoms with E-state index in [1.54, 1.807) is 12.1 Å². The smallest absolute Gasteiger partial charge is 0.481 e. The molecule has 2 N–H and O–H groups in total. The van der Waals surface area contributed by atoms with Crippen molar-refractivity contribution in [3.8, 4) is 34.2 Å². The molecule has 1 aromatic heterocycles. The van der Waals surface area contributed by atoms with Crippen molar-refractivity contribution in [1.82, 2.24) is 4.98 Å². The van der Waals surface area contributed by atoms with Gasteiger partial charge < -0.3 is 10.2 Å². The van der Waals surface area contributed by atoms with Gasteiger partial charge >= 0.3 is 14.0 Å². The number of rotatable bonds is 9. The third-order valence-corrected chi connectivity index (χ3v) is 6.64. The van der Waals surface area contributed by atoms with Crippen LogP contribution in [0.15, 0.2) is 60.7 Å². The van der Waals surface area contributed by atoms with Crippen molar-refractivity contribution < 1.29 is 28.5 Å². The number of carboxylic acids is 1. The molecular weight excluding hydrogens is 468 g/mol. The van der Waals surface area contributed by atoms with Gasteiger partial charge in [-0.3, -0.25) is 9.78 Å². The predicted octanol–water partition coefficient (Wildman–Crippen LogP) is 5.38. The third-order valence-electron chi connectivity index (χ3n) is 5.50. The van der Waals surface area contributed by atoms with Crippen LogP contribution < -0.4 is 0 Å². The van der Waals surface area contributed by atoms with Gasteiger partial charge in [0.2, 0.25) is 6.16 Å². The van der Waals surface area contributed by atoms with Crippen LogP contribution in [-0.2, 0) is 13.9 Å². The van der Waals surface area contributed by atoms with Crippen LogP contribution in [0.3, 0.4) is 0 Å². The number of nitrogens with zero attached hydrogens (tertiary/aromatic N) is 1. The van der Waals surface area contributed by atoms with Gasteiger partial charge in [-0.1, -0.05) is 54.3 Å². The molecule has 3 aromatic rings. The van der Waals surface area contributed by atoms with Crippen LogP contribution >= 0.6 is 8.03 Å². The number of aliphatic carboxylic acids is 1. The number of hydrogen-bond acceptors (Lipinski definition) is 5. The van der Waals surface area contributed by atoms with Crippen molar-refractivity contribution in [1.29, 1.82) is 0 Å². The van der Waals surface area contributed by atoms with Gasteiger partial charge in [0, 0.05) is 17.0 Å². The van der Waals surface area contributed by atoms with Crippen LogP contribution in [0.5, 0.6) is 0 Å². The molecule has 6 nitrogen and oxygen atoms in total. The standard InChI is InChI=1S/C27H23FNO5P/c28-21-12-10-18(11-13-21)24-16-25(19-5-2-1-3-6-19)29-27(20-8-9-20)23(24)7-4-14-34-35(33)17-22(30)15-26(31)32/h1-3,5-6,10-13,16,20,22,30H,8-9,14-15,17H2/p+1/t22-/m0/s1. The van der Waals surface area contributed by atoms with E-state index in [9.17, 15) is 18.9 Å². The molecule has 178 valence electrons. The molecule has 0 spiro atoms. The summed E-state index contributed by atoms with van der Waals surface area (Å²) in [5.74, 6) is 4.78. The average molecular weight is 492 g/mol. The molecule has 1 unspecified atom stereocenters. The number of hydrogen-bond donors (Lipinski definition) is 2. The van der Waals surface area contributed by atoms with Gasteiger partial charge in [0.25, 0.3) is 0 Å². The molecule has 0 radical (unpaired) electrons. The fourth-order valence-corrected chi connectivity index (χ4v) is 4.47. The quantitative estimate of drug-likeness (QED) is 0.308. The molecule has 1 saturated carbocycles. The topological polar surface area (TPSA) is 96.7 Å². The third kappa shape index (κ3) is 6.80. The summed E-state index contributed by atoms with van der Waals surface area (Å²) in [6.45, 7) is -0.150. The first-order valence-corrected chi connectivity index (χ1v) is 12.6. The summed E-state index contributed by atoms with van der Waals surface area (Å²) in [5, 5.41) is 18.3. The van der Waals surface area contributed by atoms with Crippen LogP contribution in [0.25, 0.3) is 22.4 Å². The van der Waals surface area contributed by atoms with E-state index >= 15 is 0 Å². The average Bonchev–Trinajstić information content (AvgIpc) is 3.67. The van der Waals surface area contributed by atoms with Crippen molar-refractivity contribution in [2.45, 2.75) is 31.3 Å². The van der Waals surface area contributed by atoms with Crippen LogP contribution in [0.2, 0.25) is 0 Å². The number of aliphatic hydroxyl groups excluding tert-OH is 1. The molecule has 1 heterocycles. The molecule has 35 heavy (non-hydrogen) atoms. The summed E-state index contributed by atoms with van der Waals surface area (Å²) in [4.78, 5) is 15.6. The van der Waals surface area contributed by atoms with E-state index in [0.717, 1.165) is 46.5 Å². The molecule has 2 aromatic carbocycles. The Kier molecular flexibility index (Phi) is 7.99. The van der Waals surface area contributed by atoms with Crippen LogP contribution in [0.1, 0.15) is 36.4 Å². The normalized spacial score (nSPS) is 14.1. The van der Waals surface area contributed by atoms with Crippen LogP contribution in [0.4, 0.5) is 4.39 Å². The molecule has 0 aliphatic heterocycles. The maximum Gasteiger partial charge on any atom is 0.511 e. The highest BCUT2D eigenvalue weighted by Crippen LogP contribution is 2.43. The van der Waals surface area contributed by atoms with E-state index in [1.165, 1.54) is 12.1 Å². The van der Waals surface area contributed by atoms with E-state index < -0.39 is 26.5 Å². The largest absolute Gasteiger partial charge is 0.511 e. The fourth-order valence-electron chi connectivity index (χ4n) is 3.68. The van der Waals surface area contributed by atoms with Gasteiger partial charge in [0.15, 0.2) is 6.61 Å². The van der Waals surface area contributed by atoms with Gasteiger partial charge in [-0.25, -0.2) is 4.39 Å². The zero-order valence-electron chi connectivity index (χ0n) is 18.9. The highest BCUT2D eigenvalue weighted by molar-refractivity contribution is 7.39. The van der Waals surface area contributed by atoms with Crippen molar-refractivity contribution >= 4 is 14.0 Å². The minimum absolute atomic E-state index is 0.150. The minimum atomic E-state index is -2.25. The van der Waals surface area contributed by atoms with Crippen molar-refractivity contribution in [3.63, 3.8) is 0 Å². The number of benzene rings is 2. The number of pyridine rings is 1. The Balaban J connectivity index is 1.64. The first kappa shape index (κ1) is 24.7. The fraction of sp³-hybridized carbons (Fsp3) is 0.259. The van der Waals surface area contributed by atoms with E-state index in [1.807, 2.05) is 36.4 Å². The zero-order chi connectivity index (χ0) is 24.8. The van der Waals surface area contributed by atoms with Gasteiger partial charge in [0.1, 0.15) is 11.9 Å². The lowest BCUT2D eigenvalue weighted by atomic mass is 9.95. The number of aliphatic hydroxyl groups is 1. The molecule has 0 amide bonds. The molecular formula is C27H24FNO5P+. The molecule has 1 aliphatic carbocycles. The Bertz CT molecular complexity index is 1280. The van der Waals surface area contributed by atoms with E-state index in [4.69, 9.17) is 14.6 Å². The molecule has 2 atom stereocenters. The maximum absolute atomic E-state index is 13.6. The second kappa shape index (κ2) is 11.3. The SMILES string of the molecule is O=C(O)C[C@H](O)C[P+](=O)OCC#Cc1c(-c2ccc(F)cc2)cc(-c2ccccc2)nc1C1CC1. The van der Waals surface area contributed by atoms with Gasteiger partial charge in [-0.2, -0.15) is 0 Å². The Morgan fingerprint density at radius 3 is 2.51 bits per heavy atom. The van der Waals surface area contributed by atoms with Crippen molar-refractivity contribution in [3.05, 3.63) is 77.7 Å². The predicted molar refractivity (Wildman–Crippen MR) is 131 cm³/mol. The van der Waals surface area contributed by atoms with Gasteiger partial charge in [-0.05, 0) is 41.2 Å². The lowest BCUT2D eigenvalue weighted by molar-refractivity contribution is -0.138. The summed E-state index contributed by atoms with van der Waals surface area (Å²) in [7, 11) is -2.25. The first-order valence-electron chi connectivity index (χ1n) is 11.2. The summed E-state index contributed by atoms with van der Waals surface area (Å²) < 4.78 is 30.8. The number of carboxylic acid groups (broad SMARTS) is 1.